The summed E-state index contributed by atoms with van der Waals surface area (Å²) in [6, 6.07) is 7.07. The van der Waals surface area contributed by atoms with Gasteiger partial charge in [0.05, 0.1) is 0 Å². The summed E-state index contributed by atoms with van der Waals surface area (Å²) in [7, 11) is 1.87. The van der Waals surface area contributed by atoms with Gasteiger partial charge < -0.3 is 14.0 Å². The maximum atomic E-state index is 12.8. The highest BCUT2D eigenvalue weighted by molar-refractivity contribution is 5.99. The van der Waals surface area contributed by atoms with Crippen molar-refractivity contribution >= 4 is 11.8 Å². The molecule has 0 unspecified atom stereocenters. The summed E-state index contributed by atoms with van der Waals surface area (Å²) in [5, 5.41) is 0. The lowest BCUT2D eigenvalue weighted by atomic mass is 10.1. The molecule has 0 fully saturated rings. The van der Waals surface area contributed by atoms with Crippen LogP contribution in [-0.4, -0.2) is 29.0 Å². The Balaban J connectivity index is 1.90. The number of esters is 1. The van der Waals surface area contributed by atoms with Crippen molar-refractivity contribution < 1.29 is 23.5 Å². The molecule has 1 aromatic heterocycles. The Hall–Kier alpha value is -2.63. The van der Waals surface area contributed by atoms with Crippen LogP contribution < -0.4 is 4.74 Å². The highest BCUT2D eigenvalue weighted by atomic mass is 19.1. The lowest BCUT2D eigenvalue weighted by Crippen LogP contribution is -2.28. The first-order chi connectivity index (χ1) is 11.3. The van der Waals surface area contributed by atoms with Gasteiger partial charge in [-0.3, -0.25) is 4.79 Å². The second-order valence-corrected chi connectivity index (χ2v) is 5.59. The standard InChI is InChI=1S/C18H20FNO4/c1-11-9-16(12(2)20(11)4)17(21)10-23-18(22)13(3)24-15-7-5-14(19)6-8-15/h5-9,13H,10H2,1-4H3/t13-/m1/s1. The molecule has 0 N–H and O–H groups in total. The van der Waals surface area contributed by atoms with Crippen LogP contribution in [0.4, 0.5) is 4.39 Å². The van der Waals surface area contributed by atoms with E-state index in [-0.39, 0.29) is 12.4 Å². The van der Waals surface area contributed by atoms with Gasteiger partial charge in [0, 0.05) is 24.0 Å². The van der Waals surface area contributed by atoms with Gasteiger partial charge in [-0.15, -0.1) is 0 Å². The van der Waals surface area contributed by atoms with E-state index in [1.165, 1.54) is 31.2 Å². The molecular weight excluding hydrogens is 313 g/mol. The highest BCUT2D eigenvalue weighted by Gasteiger charge is 2.20. The third-order valence-electron chi connectivity index (χ3n) is 3.88. The largest absolute Gasteiger partial charge is 0.479 e. The van der Waals surface area contributed by atoms with E-state index >= 15 is 0 Å². The Morgan fingerprint density at radius 2 is 1.83 bits per heavy atom. The zero-order valence-electron chi connectivity index (χ0n) is 14.1. The predicted molar refractivity (Wildman–Crippen MR) is 86.7 cm³/mol. The number of hydrogen-bond acceptors (Lipinski definition) is 4. The summed E-state index contributed by atoms with van der Waals surface area (Å²) in [4.78, 5) is 24.1. The van der Waals surface area contributed by atoms with E-state index in [1.54, 1.807) is 6.07 Å². The van der Waals surface area contributed by atoms with Crippen molar-refractivity contribution in [3.8, 4) is 5.75 Å². The van der Waals surface area contributed by atoms with E-state index in [9.17, 15) is 14.0 Å². The van der Waals surface area contributed by atoms with E-state index in [0.717, 1.165) is 11.4 Å². The molecule has 2 aromatic rings. The lowest BCUT2D eigenvalue weighted by Gasteiger charge is -2.13. The third-order valence-corrected chi connectivity index (χ3v) is 3.88. The van der Waals surface area contributed by atoms with E-state index in [0.29, 0.717) is 11.3 Å². The molecule has 0 saturated carbocycles. The predicted octanol–water partition coefficient (Wildman–Crippen LogP) is 2.97. The molecule has 0 amide bonds. The van der Waals surface area contributed by atoms with Gasteiger partial charge in [-0.05, 0) is 51.1 Å². The van der Waals surface area contributed by atoms with Gasteiger partial charge >= 0.3 is 5.97 Å². The van der Waals surface area contributed by atoms with E-state index in [4.69, 9.17) is 9.47 Å². The topological polar surface area (TPSA) is 57.5 Å². The van der Waals surface area contributed by atoms with Crippen molar-refractivity contribution in [2.24, 2.45) is 7.05 Å². The van der Waals surface area contributed by atoms with Gasteiger partial charge in [-0.1, -0.05) is 0 Å². The molecule has 0 bridgehead atoms. The van der Waals surface area contributed by atoms with E-state index in [2.05, 4.69) is 0 Å². The summed E-state index contributed by atoms with van der Waals surface area (Å²) in [6.45, 7) is 4.89. The first-order valence-electron chi connectivity index (χ1n) is 7.54. The molecule has 1 atom stereocenters. The summed E-state index contributed by atoms with van der Waals surface area (Å²) < 4.78 is 25.1. The average molecular weight is 333 g/mol. The van der Waals surface area contributed by atoms with Crippen LogP contribution >= 0.6 is 0 Å². The molecular formula is C18H20FNO4. The molecule has 0 aliphatic carbocycles. The number of carbonyl (C=O) groups is 2. The first kappa shape index (κ1) is 17.7. The third kappa shape index (κ3) is 4.01. The molecule has 2 rings (SSSR count). The quantitative estimate of drug-likeness (QED) is 0.602. The van der Waals surface area contributed by atoms with Crippen LogP contribution in [-0.2, 0) is 16.6 Å². The van der Waals surface area contributed by atoms with Crippen LogP contribution in [0.25, 0.3) is 0 Å². The molecule has 5 nitrogen and oxygen atoms in total. The second-order valence-electron chi connectivity index (χ2n) is 5.59. The van der Waals surface area contributed by atoms with Crippen molar-refractivity contribution in [2.45, 2.75) is 26.9 Å². The number of benzene rings is 1. The number of hydrogen-bond donors (Lipinski definition) is 0. The van der Waals surface area contributed by atoms with E-state index in [1.807, 2.05) is 25.5 Å². The fraction of sp³-hybridized carbons (Fsp3) is 0.333. The smallest absolute Gasteiger partial charge is 0.347 e. The second kappa shape index (κ2) is 7.29. The number of aryl methyl sites for hydroxylation is 1. The molecule has 0 saturated heterocycles. The number of carbonyl (C=O) groups excluding carboxylic acids is 2. The highest BCUT2D eigenvalue weighted by Crippen LogP contribution is 2.15. The van der Waals surface area contributed by atoms with Crippen LogP contribution in [0.5, 0.6) is 5.75 Å². The minimum atomic E-state index is -0.901. The normalized spacial score (nSPS) is 11.9. The molecule has 6 heteroatoms. The Bertz CT molecular complexity index is 749. The van der Waals surface area contributed by atoms with Gasteiger partial charge in [0.1, 0.15) is 11.6 Å². The molecule has 24 heavy (non-hydrogen) atoms. The number of nitrogens with zero attached hydrogens (tertiary/aromatic N) is 1. The molecule has 0 radical (unpaired) electrons. The Morgan fingerprint density at radius 1 is 1.21 bits per heavy atom. The van der Waals surface area contributed by atoms with Crippen molar-refractivity contribution in [2.75, 3.05) is 6.61 Å². The monoisotopic (exact) mass is 333 g/mol. The van der Waals surface area contributed by atoms with Gasteiger partial charge in [-0.25, -0.2) is 9.18 Å². The van der Waals surface area contributed by atoms with Crippen LogP contribution in [0.15, 0.2) is 30.3 Å². The average Bonchev–Trinajstić information content (AvgIpc) is 2.82. The molecule has 1 heterocycles. The van der Waals surface area contributed by atoms with Gasteiger partial charge in [0.2, 0.25) is 5.78 Å². The zero-order valence-corrected chi connectivity index (χ0v) is 14.1. The fourth-order valence-corrected chi connectivity index (χ4v) is 2.23. The van der Waals surface area contributed by atoms with E-state index < -0.39 is 17.9 Å². The zero-order chi connectivity index (χ0) is 17.9. The summed E-state index contributed by atoms with van der Waals surface area (Å²) in [6.07, 6.45) is -0.901. The summed E-state index contributed by atoms with van der Waals surface area (Å²) in [5.74, 6) is -0.963. The van der Waals surface area contributed by atoms with Gasteiger partial charge in [0.15, 0.2) is 12.7 Å². The van der Waals surface area contributed by atoms with Crippen LogP contribution in [0.1, 0.15) is 28.7 Å². The van der Waals surface area contributed by atoms with Crippen molar-refractivity contribution in [1.29, 1.82) is 0 Å². The minimum Gasteiger partial charge on any atom is -0.479 e. The summed E-state index contributed by atoms with van der Waals surface area (Å²) >= 11 is 0. The Labute approximate surface area is 140 Å². The Morgan fingerprint density at radius 3 is 2.38 bits per heavy atom. The number of aromatic nitrogens is 1. The summed E-state index contributed by atoms with van der Waals surface area (Å²) in [5.41, 5.74) is 2.31. The van der Waals surface area contributed by atoms with Crippen LogP contribution in [0.3, 0.4) is 0 Å². The van der Waals surface area contributed by atoms with Crippen molar-refractivity contribution in [3.05, 3.63) is 53.1 Å². The maximum absolute atomic E-state index is 12.8. The first-order valence-corrected chi connectivity index (χ1v) is 7.54. The lowest BCUT2D eigenvalue weighted by molar-refractivity contribution is -0.149. The van der Waals surface area contributed by atoms with Crippen molar-refractivity contribution in [3.63, 3.8) is 0 Å². The number of ether oxygens (including phenoxy) is 2. The number of Topliss-reactive ketones (excluding diaryl/α,β-unsaturated/α-hetero) is 1. The molecule has 1 aromatic carbocycles. The number of rotatable bonds is 6. The Kier molecular flexibility index (Phi) is 5.39. The number of halogens is 1. The van der Waals surface area contributed by atoms with Crippen molar-refractivity contribution in [1.82, 2.24) is 4.57 Å². The molecule has 0 spiro atoms. The fourth-order valence-electron chi connectivity index (χ4n) is 2.23. The van der Waals surface area contributed by atoms with Crippen LogP contribution in [0, 0.1) is 19.7 Å². The number of ketones is 1. The molecule has 128 valence electrons. The van der Waals surface area contributed by atoms with Gasteiger partial charge in [-0.2, -0.15) is 0 Å². The molecule has 0 aliphatic heterocycles. The SMILES string of the molecule is Cc1cc(C(=O)COC(=O)[C@@H](C)Oc2ccc(F)cc2)c(C)n1C. The molecule has 0 aliphatic rings. The maximum Gasteiger partial charge on any atom is 0.347 e. The van der Waals surface area contributed by atoms with Gasteiger partial charge in [0.25, 0.3) is 0 Å². The van der Waals surface area contributed by atoms with Crippen LogP contribution in [0.2, 0.25) is 0 Å². The minimum absolute atomic E-state index is 0.265.